The van der Waals surface area contributed by atoms with Crippen LogP contribution in [0.3, 0.4) is 0 Å². The van der Waals surface area contributed by atoms with Crippen LogP contribution in [0.5, 0.6) is 0 Å². The molecule has 0 saturated carbocycles. The fraction of sp³-hybridized carbons (Fsp3) is 0.556. The molecule has 0 unspecified atom stereocenters. The largest absolute Gasteiger partial charge is 0.377 e. The van der Waals surface area contributed by atoms with Gasteiger partial charge in [-0.1, -0.05) is 12.7 Å². The van der Waals surface area contributed by atoms with E-state index in [0.29, 0.717) is 0 Å². The third-order valence-electron chi connectivity index (χ3n) is 1.82. The molecule has 10 heavy (non-hydrogen) atoms. The maximum atomic E-state index is 3.63. The first-order valence-corrected chi connectivity index (χ1v) is 3.97. The Morgan fingerprint density at radius 3 is 2.40 bits per heavy atom. The number of rotatable bonds is 2. The van der Waals surface area contributed by atoms with Crippen molar-refractivity contribution in [3.8, 4) is 0 Å². The molecule has 1 fully saturated rings. The second-order valence-corrected chi connectivity index (χ2v) is 2.67. The maximum Gasteiger partial charge on any atom is 0.0172 e. The summed E-state index contributed by atoms with van der Waals surface area (Å²) in [5.74, 6) is 0. The van der Waals surface area contributed by atoms with Crippen LogP contribution in [0, 0.1) is 0 Å². The zero-order valence-corrected chi connectivity index (χ0v) is 6.42. The third-order valence-corrected chi connectivity index (χ3v) is 1.82. The number of hydrogen-bond donors (Lipinski definition) is 0. The number of piperidine rings is 1. The molecule has 0 aliphatic carbocycles. The van der Waals surface area contributed by atoms with Crippen LogP contribution in [-0.2, 0) is 0 Å². The number of likely N-dealkylation sites (tertiary alicyclic amines) is 1. The average Bonchev–Trinajstić information content (AvgIpc) is 2.03. The van der Waals surface area contributed by atoms with Crippen LogP contribution in [-0.4, -0.2) is 18.0 Å². The molecular formula is C9H15N. The lowest BCUT2D eigenvalue weighted by Gasteiger charge is -2.24. The van der Waals surface area contributed by atoms with E-state index in [4.69, 9.17) is 0 Å². The lowest BCUT2D eigenvalue weighted by molar-refractivity contribution is 0.309. The molecule has 0 atom stereocenters. The van der Waals surface area contributed by atoms with Crippen LogP contribution in [0.25, 0.3) is 0 Å². The SMILES string of the molecule is C=CC=CN1CCCCC1. The molecule has 1 aliphatic rings. The van der Waals surface area contributed by atoms with Gasteiger partial charge in [0.05, 0.1) is 0 Å². The molecule has 0 radical (unpaired) electrons. The minimum absolute atomic E-state index is 1.23. The summed E-state index contributed by atoms with van der Waals surface area (Å²) in [7, 11) is 0. The molecular weight excluding hydrogens is 122 g/mol. The van der Waals surface area contributed by atoms with Gasteiger partial charge in [0.15, 0.2) is 0 Å². The van der Waals surface area contributed by atoms with Crippen molar-refractivity contribution in [1.82, 2.24) is 4.90 Å². The van der Waals surface area contributed by atoms with Gasteiger partial charge in [0.25, 0.3) is 0 Å². The predicted octanol–water partition coefficient (Wildman–Crippen LogP) is 2.17. The van der Waals surface area contributed by atoms with Crippen molar-refractivity contribution in [3.63, 3.8) is 0 Å². The van der Waals surface area contributed by atoms with Crippen LogP contribution < -0.4 is 0 Å². The molecule has 0 N–H and O–H groups in total. The number of allylic oxidation sites excluding steroid dienone is 2. The van der Waals surface area contributed by atoms with Crippen molar-refractivity contribution >= 4 is 0 Å². The lowest BCUT2D eigenvalue weighted by Crippen LogP contribution is -2.23. The summed E-state index contributed by atoms with van der Waals surface area (Å²) in [6.45, 7) is 6.08. The fourth-order valence-electron chi connectivity index (χ4n) is 1.25. The quantitative estimate of drug-likeness (QED) is 0.527. The third kappa shape index (κ3) is 2.26. The first-order chi connectivity index (χ1) is 4.93. The molecule has 0 bridgehead atoms. The van der Waals surface area contributed by atoms with E-state index in [-0.39, 0.29) is 0 Å². The van der Waals surface area contributed by atoms with Gasteiger partial charge in [0.1, 0.15) is 0 Å². The topological polar surface area (TPSA) is 3.24 Å². The summed E-state index contributed by atoms with van der Waals surface area (Å²) in [5.41, 5.74) is 0. The van der Waals surface area contributed by atoms with Crippen molar-refractivity contribution in [2.75, 3.05) is 13.1 Å². The summed E-state index contributed by atoms with van der Waals surface area (Å²) < 4.78 is 0. The van der Waals surface area contributed by atoms with Gasteiger partial charge >= 0.3 is 0 Å². The van der Waals surface area contributed by atoms with Gasteiger partial charge in [0, 0.05) is 13.1 Å². The Balaban J connectivity index is 2.25. The van der Waals surface area contributed by atoms with Gasteiger partial charge in [-0.25, -0.2) is 0 Å². The Hall–Kier alpha value is -0.720. The van der Waals surface area contributed by atoms with Gasteiger partial charge in [-0.05, 0) is 31.5 Å². The molecule has 0 aromatic rings. The van der Waals surface area contributed by atoms with Crippen molar-refractivity contribution in [2.45, 2.75) is 19.3 Å². The summed E-state index contributed by atoms with van der Waals surface area (Å²) in [4.78, 5) is 2.35. The Kier molecular flexibility index (Phi) is 3.07. The molecule has 1 aliphatic heterocycles. The van der Waals surface area contributed by atoms with Crippen LogP contribution in [0.1, 0.15) is 19.3 Å². The second-order valence-electron chi connectivity index (χ2n) is 2.67. The average molecular weight is 137 g/mol. The minimum Gasteiger partial charge on any atom is -0.377 e. The van der Waals surface area contributed by atoms with Gasteiger partial charge < -0.3 is 4.90 Å². The summed E-state index contributed by atoms with van der Waals surface area (Å²) in [6.07, 6.45) is 10.1. The van der Waals surface area contributed by atoms with Gasteiger partial charge in [-0.3, -0.25) is 0 Å². The Bertz CT molecular complexity index is 121. The predicted molar refractivity (Wildman–Crippen MR) is 44.8 cm³/mol. The van der Waals surface area contributed by atoms with Crippen LogP contribution in [0.4, 0.5) is 0 Å². The van der Waals surface area contributed by atoms with E-state index in [1.807, 2.05) is 12.2 Å². The van der Waals surface area contributed by atoms with Crippen LogP contribution in [0.15, 0.2) is 24.9 Å². The molecule has 56 valence electrons. The highest BCUT2D eigenvalue weighted by atomic mass is 15.1. The van der Waals surface area contributed by atoms with Gasteiger partial charge in [-0.2, -0.15) is 0 Å². The highest BCUT2D eigenvalue weighted by Crippen LogP contribution is 2.08. The van der Waals surface area contributed by atoms with Crippen LogP contribution in [0.2, 0.25) is 0 Å². The molecule has 0 amide bonds. The van der Waals surface area contributed by atoms with Crippen LogP contribution >= 0.6 is 0 Å². The van der Waals surface area contributed by atoms with Crippen molar-refractivity contribution in [3.05, 3.63) is 24.9 Å². The van der Waals surface area contributed by atoms with E-state index in [1.54, 1.807) is 0 Å². The highest BCUT2D eigenvalue weighted by molar-refractivity contribution is 4.97. The molecule has 1 rings (SSSR count). The molecule has 0 spiro atoms. The van der Waals surface area contributed by atoms with E-state index in [1.165, 1.54) is 32.4 Å². The standard InChI is InChI=1S/C9H15N/c1-2-3-7-10-8-5-4-6-9-10/h2-3,7H,1,4-6,8-9H2. The molecule has 0 aromatic carbocycles. The number of hydrogen-bond acceptors (Lipinski definition) is 1. The first kappa shape index (κ1) is 7.39. The van der Waals surface area contributed by atoms with Gasteiger partial charge in [-0.15, -0.1) is 0 Å². The van der Waals surface area contributed by atoms with Crippen molar-refractivity contribution in [1.29, 1.82) is 0 Å². The summed E-state index contributed by atoms with van der Waals surface area (Å²) in [6, 6.07) is 0. The first-order valence-electron chi connectivity index (χ1n) is 3.97. The van der Waals surface area contributed by atoms with Gasteiger partial charge in [0.2, 0.25) is 0 Å². The lowest BCUT2D eigenvalue weighted by atomic mass is 10.1. The summed E-state index contributed by atoms with van der Waals surface area (Å²) in [5, 5.41) is 0. The van der Waals surface area contributed by atoms with E-state index in [0.717, 1.165) is 0 Å². The zero-order chi connectivity index (χ0) is 7.23. The monoisotopic (exact) mass is 137 g/mol. The Labute approximate surface area is 63.0 Å². The van der Waals surface area contributed by atoms with E-state index < -0.39 is 0 Å². The van der Waals surface area contributed by atoms with Crippen molar-refractivity contribution in [2.24, 2.45) is 0 Å². The molecule has 1 saturated heterocycles. The highest BCUT2D eigenvalue weighted by Gasteiger charge is 2.03. The second kappa shape index (κ2) is 4.15. The maximum absolute atomic E-state index is 3.63. The summed E-state index contributed by atoms with van der Waals surface area (Å²) >= 11 is 0. The normalized spacial score (nSPS) is 19.8. The molecule has 0 aromatic heterocycles. The zero-order valence-electron chi connectivity index (χ0n) is 6.42. The van der Waals surface area contributed by atoms with E-state index in [2.05, 4.69) is 17.7 Å². The smallest absolute Gasteiger partial charge is 0.0172 e. The molecule has 1 nitrogen and oxygen atoms in total. The molecule has 1 heteroatoms. The van der Waals surface area contributed by atoms with E-state index >= 15 is 0 Å². The van der Waals surface area contributed by atoms with E-state index in [9.17, 15) is 0 Å². The fourth-order valence-corrected chi connectivity index (χ4v) is 1.25. The minimum atomic E-state index is 1.23. The van der Waals surface area contributed by atoms with Crippen molar-refractivity contribution < 1.29 is 0 Å². The Morgan fingerprint density at radius 2 is 1.80 bits per heavy atom. The number of nitrogens with zero attached hydrogens (tertiary/aromatic N) is 1. The Morgan fingerprint density at radius 1 is 1.10 bits per heavy atom. The molecule has 1 heterocycles.